The molecule has 0 aromatic carbocycles. The lowest BCUT2D eigenvalue weighted by Gasteiger charge is -2.06. The van der Waals surface area contributed by atoms with Crippen molar-refractivity contribution in [3.63, 3.8) is 0 Å². The zero-order valence-electron chi connectivity index (χ0n) is 11.3. The molecule has 3 rings (SSSR count). The quantitative estimate of drug-likeness (QED) is 0.744. The second kappa shape index (κ2) is 5.70. The maximum absolute atomic E-state index is 12.4. The summed E-state index contributed by atoms with van der Waals surface area (Å²) in [5, 5.41) is 8.03. The SMILES string of the molecule is CSc1nsc(NC(=O)c2cnn(C)c2-n2cccc2)n1. The molecule has 3 heterocycles. The molecular weight excluding hydrogens is 308 g/mol. The Hall–Kier alpha value is -2.13. The predicted molar refractivity (Wildman–Crippen MR) is 82.2 cm³/mol. The van der Waals surface area contributed by atoms with Crippen LogP contribution in [-0.2, 0) is 7.05 Å². The van der Waals surface area contributed by atoms with Crippen molar-refractivity contribution in [2.75, 3.05) is 11.6 Å². The number of carbonyl (C=O) groups excluding carboxylic acids is 1. The third kappa shape index (κ3) is 2.69. The Labute approximate surface area is 129 Å². The predicted octanol–water partition coefficient (Wildman–Crippen LogP) is 2.04. The highest BCUT2D eigenvalue weighted by Crippen LogP contribution is 2.20. The van der Waals surface area contributed by atoms with Gasteiger partial charge in [-0.1, -0.05) is 11.8 Å². The standard InChI is InChI=1S/C12H12N6OS2/c1-17-10(18-5-3-4-6-18)8(7-13-17)9(19)14-11-15-12(20-2)16-21-11/h3-7H,1-2H3,(H,14,15,16,19). The van der Waals surface area contributed by atoms with Gasteiger partial charge in [0.1, 0.15) is 11.4 Å². The number of aryl methyl sites for hydroxylation is 1. The molecule has 0 spiro atoms. The number of rotatable bonds is 4. The number of hydrogen-bond acceptors (Lipinski definition) is 6. The number of hydrogen-bond donors (Lipinski definition) is 1. The van der Waals surface area contributed by atoms with Gasteiger partial charge in [-0.25, -0.2) is 0 Å². The molecule has 0 aliphatic carbocycles. The van der Waals surface area contributed by atoms with Gasteiger partial charge in [0.25, 0.3) is 5.91 Å². The van der Waals surface area contributed by atoms with Crippen molar-refractivity contribution in [1.82, 2.24) is 23.7 Å². The molecule has 0 aliphatic heterocycles. The van der Waals surface area contributed by atoms with Gasteiger partial charge >= 0.3 is 0 Å². The average Bonchev–Trinajstić information content (AvgIpc) is 3.17. The van der Waals surface area contributed by atoms with E-state index in [0.717, 1.165) is 11.5 Å². The minimum absolute atomic E-state index is 0.254. The van der Waals surface area contributed by atoms with Crippen molar-refractivity contribution in [3.8, 4) is 5.82 Å². The molecule has 0 aliphatic rings. The van der Waals surface area contributed by atoms with Crippen molar-refractivity contribution < 1.29 is 4.79 Å². The Bertz CT molecular complexity index is 761. The molecule has 3 aromatic rings. The maximum Gasteiger partial charge on any atom is 0.262 e. The minimum Gasteiger partial charge on any atom is -0.308 e. The van der Waals surface area contributed by atoms with E-state index in [0.29, 0.717) is 21.7 Å². The molecule has 9 heteroatoms. The summed E-state index contributed by atoms with van der Waals surface area (Å²) in [6.45, 7) is 0. The van der Waals surface area contributed by atoms with Crippen molar-refractivity contribution in [1.29, 1.82) is 0 Å². The van der Waals surface area contributed by atoms with E-state index in [4.69, 9.17) is 0 Å². The Balaban J connectivity index is 1.88. The molecule has 0 saturated carbocycles. The van der Waals surface area contributed by atoms with Crippen LogP contribution in [0.3, 0.4) is 0 Å². The van der Waals surface area contributed by atoms with Crippen LogP contribution in [0.25, 0.3) is 5.82 Å². The first-order valence-electron chi connectivity index (χ1n) is 6.03. The summed E-state index contributed by atoms with van der Waals surface area (Å²) >= 11 is 2.59. The molecular formula is C12H12N6OS2. The van der Waals surface area contributed by atoms with E-state index in [2.05, 4.69) is 19.8 Å². The molecule has 21 heavy (non-hydrogen) atoms. The van der Waals surface area contributed by atoms with E-state index >= 15 is 0 Å². The number of nitrogens with one attached hydrogen (secondary N) is 1. The van der Waals surface area contributed by atoms with Crippen molar-refractivity contribution in [3.05, 3.63) is 36.3 Å². The topological polar surface area (TPSA) is 77.6 Å². The van der Waals surface area contributed by atoms with Gasteiger partial charge in [0.05, 0.1) is 6.20 Å². The van der Waals surface area contributed by atoms with Crippen LogP contribution >= 0.6 is 23.3 Å². The monoisotopic (exact) mass is 320 g/mol. The van der Waals surface area contributed by atoms with Gasteiger partial charge in [-0.15, -0.1) is 0 Å². The second-order valence-corrected chi connectivity index (χ2v) is 5.66. The lowest BCUT2D eigenvalue weighted by molar-refractivity contribution is 0.102. The molecule has 0 bridgehead atoms. The first-order chi connectivity index (χ1) is 10.2. The van der Waals surface area contributed by atoms with Crippen LogP contribution in [0.2, 0.25) is 0 Å². The lowest BCUT2D eigenvalue weighted by Crippen LogP contribution is -2.14. The molecule has 3 aromatic heterocycles. The number of nitrogens with zero attached hydrogens (tertiary/aromatic N) is 5. The van der Waals surface area contributed by atoms with E-state index in [1.165, 1.54) is 11.8 Å². The fourth-order valence-electron chi connectivity index (χ4n) is 1.88. The first kappa shape index (κ1) is 13.8. The van der Waals surface area contributed by atoms with Gasteiger partial charge in [-0.3, -0.25) is 14.8 Å². The summed E-state index contributed by atoms with van der Waals surface area (Å²) in [4.78, 5) is 16.6. The normalized spacial score (nSPS) is 10.8. The summed E-state index contributed by atoms with van der Waals surface area (Å²) in [6.07, 6.45) is 7.16. The molecule has 0 unspecified atom stereocenters. The number of amides is 1. The van der Waals surface area contributed by atoms with Gasteiger partial charge in [0, 0.05) is 31.0 Å². The molecule has 0 fully saturated rings. The van der Waals surface area contributed by atoms with Crippen LogP contribution in [0.4, 0.5) is 5.13 Å². The Morgan fingerprint density at radius 2 is 2.14 bits per heavy atom. The molecule has 108 valence electrons. The molecule has 1 N–H and O–H groups in total. The molecule has 7 nitrogen and oxygen atoms in total. The fourth-order valence-corrected chi connectivity index (χ4v) is 3.00. The van der Waals surface area contributed by atoms with E-state index in [9.17, 15) is 4.79 Å². The van der Waals surface area contributed by atoms with Gasteiger partial charge < -0.3 is 4.57 Å². The highest BCUT2D eigenvalue weighted by molar-refractivity contribution is 7.98. The summed E-state index contributed by atoms with van der Waals surface area (Å²) in [5.74, 6) is 0.447. The Morgan fingerprint density at radius 3 is 2.81 bits per heavy atom. The summed E-state index contributed by atoms with van der Waals surface area (Å²) in [7, 11) is 1.79. The zero-order chi connectivity index (χ0) is 14.8. The summed E-state index contributed by atoms with van der Waals surface area (Å²) in [6, 6.07) is 3.79. The highest BCUT2D eigenvalue weighted by Gasteiger charge is 2.18. The average molecular weight is 320 g/mol. The molecule has 0 radical (unpaired) electrons. The molecule has 0 atom stereocenters. The van der Waals surface area contributed by atoms with E-state index in [-0.39, 0.29) is 5.91 Å². The highest BCUT2D eigenvalue weighted by atomic mass is 32.2. The van der Waals surface area contributed by atoms with Crippen LogP contribution in [-0.4, -0.2) is 35.9 Å². The molecule has 1 amide bonds. The number of anilines is 1. The maximum atomic E-state index is 12.4. The summed E-state index contributed by atoms with van der Waals surface area (Å²) < 4.78 is 7.61. The second-order valence-electron chi connectivity index (χ2n) is 4.14. The van der Waals surface area contributed by atoms with E-state index in [1.807, 2.05) is 35.3 Å². The van der Waals surface area contributed by atoms with Crippen LogP contribution in [0.1, 0.15) is 10.4 Å². The fraction of sp³-hybridized carbons (Fsp3) is 0.167. The number of aromatic nitrogens is 5. The van der Waals surface area contributed by atoms with Gasteiger partial charge in [0.15, 0.2) is 0 Å². The van der Waals surface area contributed by atoms with Crippen LogP contribution in [0.15, 0.2) is 35.9 Å². The summed E-state index contributed by atoms with van der Waals surface area (Å²) in [5.41, 5.74) is 0.481. The third-order valence-corrected chi connectivity index (χ3v) is 4.11. The van der Waals surface area contributed by atoms with Gasteiger partial charge in [-0.2, -0.15) is 14.5 Å². The van der Waals surface area contributed by atoms with E-state index < -0.39 is 0 Å². The zero-order valence-corrected chi connectivity index (χ0v) is 13.0. The van der Waals surface area contributed by atoms with Crippen LogP contribution in [0, 0.1) is 0 Å². The first-order valence-corrected chi connectivity index (χ1v) is 8.03. The van der Waals surface area contributed by atoms with Crippen molar-refractivity contribution in [2.45, 2.75) is 5.16 Å². The smallest absolute Gasteiger partial charge is 0.262 e. The Kier molecular flexibility index (Phi) is 3.76. The number of carbonyl (C=O) groups is 1. The largest absolute Gasteiger partial charge is 0.308 e. The third-order valence-electron chi connectivity index (χ3n) is 2.81. The van der Waals surface area contributed by atoms with Crippen LogP contribution in [0.5, 0.6) is 0 Å². The Morgan fingerprint density at radius 1 is 1.38 bits per heavy atom. The van der Waals surface area contributed by atoms with E-state index in [1.54, 1.807) is 17.9 Å². The van der Waals surface area contributed by atoms with Crippen molar-refractivity contribution in [2.24, 2.45) is 7.05 Å². The molecule has 0 saturated heterocycles. The lowest BCUT2D eigenvalue weighted by atomic mass is 10.3. The minimum atomic E-state index is -0.254. The van der Waals surface area contributed by atoms with Crippen LogP contribution < -0.4 is 5.32 Å². The van der Waals surface area contributed by atoms with Gasteiger partial charge in [-0.05, 0) is 18.4 Å². The van der Waals surface area contributed by atoms with Gasteiger partial charge in [0.2, 0.25) is 10.3 Å². The number of thioether (sulfide) groups is 1. The van der Waals surface area contributed by atoms with Crippen molar-refractivity contribution >= 4 is 34.3 Å².